The van der Waals surface area contributed by atoms with Crippen molar-refractivity contribution < 1.29 is 31.2 Å². The maximum Gasteiger partial charge on any atom is 0.433 e. The number of anilines is 1. The Morgan fingerprint density at radius 2 is 1.81 bits per heavy atom. The summed E-state index contributed by atoms with van der Waals surface area (Å²) >= 11 is 2.15. The van der Waals surface area contributed by atoms with Crippen LogP contribution in [0.2, 0.25) is 0 Å². The number of carbonyl (C=O) groups excluding carboxylic acids is 2. The highest BCUT2D eigenvalue weighted by atomic mass is 127. The highest BCUT2D eigenvalue weighted by Gasteiger charge is 2.46. The number of alkyl halides is 4. The topological polar surface area (TPSA) is 111 Å². The van der Waals surface area contributed by atoms with E-state index in [-0.39, 0.29) is 51.6 Å². The Kier molecular flexibility index (Phi) is 7.80. The third-order valence-electron chi connectivity index (χ3n) is 5.75. The lowest BCUT2D eigenvalue weighted by molar-refractivity contribution is -0.141. The van der Waals surface area contributed by atoms with E-state index >= 15 is 0 Å². The number of allylic oxidation sites excluding steroid dienone is 1. The maximum atomic E-state index is 13.4. The molecule has 0 saturated heterocycles. The minimum atomic E-state index is -4.74. The second-order valence-corrected chi connectivity index (χ2v) is 9.93. The molecule has 36 heavy (non-hydrogen) atoms. The van der Waals surface area contributed by atoms with Gasteiger partial charge in [-0.25, -0.2) is 13.2 Å². The van der Waals surface area contributed by atoms with Crippen LogP contribution < -0.4 is 4.90 Å². The quantitative estimate of drug-likeness (QED) is 0.360. The summed E-state index contributed by atoms with van der Waals surface area (Å²) in [4.78, 5) is 33.6. The van der Waals surface area contributed by atoms with Crippen molar-refractivity contribution in [1.82, 2.24) is 9.88 Å². The number of nitrogens with zero attached hydrogens (tertiary/aromatic N) is 4. The summed E-state index contributed by atoms with van der Waals surface area (Å²) in [6.07, 6.45) is -2.75. The van der Waals surface area contributed by atoms with E-state index < -0.39 is 33.8 Å². The smallest absolute Gasteiger partial charge is 0.316 e. The molecule has 0 fully saturated rings. The van der Waals surface area contributed by atoms with Crippen LogP contribution in [0.25, 0.3) is 0 Å². The number of hydrogen-bond acceptors (Lipinski definition) is 6. The van der Waals surface area contributed by atoms with E-state index in [2.05, 4.69) is 27.6 Å². The first-order valence-electron chi connectivity index (χ1n) is 10.3. The Morgan fingerprint density at radius 3 is 2.39 bits per heavy atom. The Morgan fingerprint density at radius 1 is 1.14 bits per heavy atom. The van der Waals surface area contributed by atoms with Crippen molar-refractivity contribution in [2.75, 3.05) is 23.1 Å². The summed E-state index contributed by atoms with van der Waals surface area (Å²) in [6, 6.07) is 5.93. The number of halogens is 4. The second-order valence-electron chi connectivity index (χ2n) is 7.95. The van der Waals surface area contributed by atoms with Crippen LogP contribution in [-0.4, -0.2) is 48.3 Å². The van der Waals surface area contributed by atoms with Crippen LogP contribution in [0.15, 0.2) is 52.7 Å². The van der Waals surface area contributed by atoms with Gasteiger partial charge in [-0.3, -0.25) is 14.7 Å². The number of likely N-dealkylation sites (N-methyl/N-ethyl adjacent to an activating group) is 1. The zero-order chi connectivity index (χ0) is 27.0. The highest BCUT2D eigenvalue weighted by Crippen LogP contribution is 2.46. The molecule has 0 spiro atoms. The van der Waals surface area contributed by atoms with Crippen LogP contribution in [0.5, 0.6) is 0 Å². The largest absolute Gasteiger partial charge is 0.433 e. The maximum absolute atomic E-state index is 13.4. The van der Waals surface area contributed by atoms with Gasteiger partial charge < -0.3 is 4.90 Å². The molecule has 0 saturated carbocycles. The van der Waals surface area contributed by atoms with Gasteiger partial charge in [0.2, 0.25) is 0 Å². The van der Waals surface area contributed by atoms with Gasteiger partial charge in [-0.2, -0.15) is 18.4 Å². The first-order chi connectivity index (χ1) is 16.8. The molecular weight excluding hydrogens is 612 g/mol. The van der Waals surface area contributed by atoms with E-state index in [9.17, 15) is 36.4 Å². The number of hydrogen-bond donors (Lipinski definition) is 0. The fourth-order valence-electron chi connectivity index (χ4n) is 4.28. The van der Waals surface area contributed by atoms with Gasteiger partial charge in [-0.15, -0.1) is 0 Å². The van der Waals surface area contributed by atoms with Crippen LogP contribution in [0, 0.1) is 11.3 Å². The monoisotopic (exact) mass is 632 g/mol. The van der Waals surface area contributed by atoms with Gasteiger partial charge in [0.05, 0.1) is 28.3 Å². The molecule has 1 unspecified atom stereocenters. The van der Waals surface area contributed by atoms with E-state index in [1.807, 2.05) is 11.0 Å². The third-order valence-corrected chi connectivity index (χ3v) is 6.91. The number of rotatable bonds is 3. The summed E-state index contributed by atoms with van der Waals surface area (Å²) in [5, 5.41) is 9.19. The fraction of sp³-hybridized carbons (Fsp3) is 0.304. The lowest BCUT2D eigenvalue weighted by Gasteiger charge is -2.40. The molecule has 1 atom stereocenters. The molecule has 190 valence electrons. The molecule has 4 rings (SSSR count). The highest BCUT2D eigenvalue weighted by molar-refractivity contribution is 14.1. The van der Waals surface area contributed by atoms with Crippen LogP contribution in [-0.2, 0) is 20.8 Å². The van der Waals surface area contributed by atoms with Gasteiger partial charge in [0.1, 0.15) is 5.69 Å². The van der Waals surface area contributed by atoms with Crippen molar-refractivity contribution in [3.8, 4) is 6.07 Å². The van der Waals surface area contributed by atoms with Gasteiger partial charge in [-0.05, 0) is 41.2 Å². The van der Waals surface area contributed by atoms with Crippen molar-refractivity contribution >= 4 is 49.9 Å². The molecular formula is C23H20F3IN4O4S. The molecule has 2 aliphatic rings. The van der Waals surface area contributed by atoms with E-state index in [1.54, 1.807) is 0 Å². The molecule has 1 aliphatic carbocycles. The molecule has 8 nitrogen and oxygen atoms in total. The minimum Gasteiger partial charge on any atom is -0.316 e. The predicted octanol–water partition coefficient (Wildman–Crippen LogP) is 4.66. The molecule has 0 bridgehead atoms. The number of Topliss-reactive ketones (excluding diaryl/α,β-unsaturated/α-hetero) is 1. The van der Waals surface area contributed by atoms with Crippen molar-refractivity contribution in [2.24, 2.45) is 0 Å². The molecule has 1 aromatic heterocycles. The molecule has 0 N–H and O–H groups in total. The van der Waals surface area contributed by atoms with Crippen LogP contribution in [0.3, 0.4) is 0 Å². The molecule has 0 radical (unpaired) electrons. The SMILES string of the molecule is CI.CN1C(=O)N(c2ccnc(C(F)(F)F)c2)C2=C(C(=O)CC2)C1c1ccc(C#N)cc1S(C)(=O)=O. The van der Waals surface area contributed by atoms with Crippen LogP contribution >= 0.6 is 22.6 Å². The van der Waals surface area contributed by atoms with Gasteiger partial charge in [0, 0.05) is 37.2 Å². The number of amides is 2. The Labute approximate surface area is 219 Å². The van der Waals surface area contributed by atoms with Gasteiger partial charge in [0.25, 0.3) is 0 Å². The molecule has 13 heteroatoms. The number of carbonyl (C=O) groups is 2. The van der Waals surface area contributed by atoms with E-state index in [0.29, 0.717) is 0 Å². The number of ketones is 1. The molecule has 2 aromatic rings. The van der Waals surface area contributed by atoms with Crippen molar-refractivity contribution in [2.45, 2.75) is 30.0 Å². The molecule has 1 aromatic carbocycles. The Balaban J connectivity index is 0.00000176. The summed E-state index contributed by atoms with van der Waals surface area (Å²) in [6.45, 7) is 0. The average molecular weight is 632 g/mol. The normalized spacial score (nSPS) is 18.0. The number of benzene rings is 1. The lowest BCUT2D eigenvalue weighted by atomic mass is 9.92. The number of nitriles is 1. The fourth-order valence-corrected chi connectivity index (χ4v) is 5.23. The molecule has 2 heterocycles. The van der Waals surface area contributed by atoms with Gasteiger partial charge in [0.15, 0.2) is 15.6 Å². The molecule has 1 aliphatic heterocycles. The van der Waals surface area contributed by atoms with Gasteiger partial charge >= 0.3 is 12.2 Å². The Bertz CT molecular complexity index is 1420. The van der Waals surface area contributed by atoms with Crippen molar-refractivity contribution in [1.29, 1.82) is 5.26 Å². The summed E-state index contributed by atoms with van der Waals surface area (Å²) in [5.74, 6) is -0.349. The summed E-state index contributed by atoms with van der Waals surface area (Å²) in [7, 11) is -2.52. The van der Waals surface area contributed by atoms with Crippen LogP contribution in [0.1, 0.15) is 35.7 Å². The predicted molar refractivity (Wildman–Crippen MR) is 133 cm³/mol. The minimum absolute atomic E-state index is 0.0144. The van der Waals surface area contributed by atoms with Crippen molar-refractivity contribution in [3.05, 3.63) is 64.6 Å². The van der Waals surface area contributed by atoms with Gasteiger partial charge in [-0.1, -0.05) is 28.7 Å². The van der Waals surface area contributed by atoms with E-state index in [4.69, 9.17) is 0 Å². The number of aromatic nitrogens is 1. The van der Waals surface area contributed by atoms with E-state index in [1.165, 1.54) is 31.3 Å². The zero-order valence-electron chi connectivity index (χ0n) is 19.3. The summed E-state index contributed by atoms with van der Waals surface area (Å²) in [5.41, 5.74) is -0.753. The molecule has 2 amide bonds. The van der Waals surface area contributed by atoms with E-state index in [0.717, 1.165) is 28.3 Å². The third kappa shape index (κ3) is 4.96. The number of urea groups is 1. The summed E-state index contributed by atoms with van der Waals surface area (Å²) < 4.78 is 64.7. The Hall–Kier alpha value is -2.99. The average Bonchev–Trinajstić information content (AvgIpc) is 3.20. The number of sulfone groups is 1. The zero-order valence-corrected chi connectivity index (χ0v) is 22.3. The first kappa shape index (κ1) is 27.6. The van der Waals surface area contributed by atoms with Crippen LogP contribution in [0.4, 0.5) is 23.7 Å². The second kappa shape index (κ2) is 10.2. The lowest BCUT2D eigenvalue weighted by Crippen LogP contribution is -2.48. The number of pyridine rings is 1. The first-order valence-corrected chi connectivity index (χ1v) is 14.4. The van der Waals surface area contributed by atoms with Crippen molar-refractivity contribution in [3.63, 3.8) is 0 Å². The standard InChI is InChI=1S/C22H17F3N4O4S.CH3I/c1-28-20(14-4-3-12(11-26)9-17(14)34(2,32)33)19-15(5-6-16(19)30)29(21(28)31)13-7-8-27-18(10-13)22(23,24)25;1-2/h3-4,7-10,20H,5-6H2,1-2H3;1H3.